The Morgan fingerprint density at radius 3 is 2.29 bits per heavy atom. The van der Waals surface area contributed by atoms with Crippen molar-refractivity contribution in [3.63, 3.8) is 0 Å². The van der Waals surface area contributed by atoms with Crippen LogP contribution < -0.4 is 4.74 Å². The Morgan fingerprint density at radius 1 is 0.974 bits per heavy atom. The summed E-state index contributed by atoms with van der Waals surface area (Å²) in [6.07, 6.45) is 2.72. The maximum atomic E-state index is 14.2. The molecule has 8 heteroatoms. The molecule has 2 bridgehead atoms. The Bertz CT molecular complexity index is 1170. The van der Waals surface area contributed by atoms with Gasteiger partial charge >= 0.3 is 12.1 Å². The van der Waals surface area contributed by atoms with E-state index in [0.29, 0.717) is 29.7 Å². The summed E-state index contributed by atoms with van der Waals surface area (Å²) >= 11 is 0. The molecule has 2 aliphatic heterocycles. The fourth-order valence-electron chi connectivity index (χ4n) is 6.80. The van der Waals surface area contributed by atoms with Crippen molar-refractivity contribution in [2.45, 2.75) is 95.5 Å². The molecule has 1 aliphatic carbocycles. The van der Waals surface area contributed by atoms with Crippen molar-refractivity contribution in [2.24, 2.45) is 11.8 Å². The predicted octanol–water partition coefficient (Wildman–Crippen LogP) is 6.69. The molecule has 38 heavy (non-hydrogen) atoms. The highest BCUT2D eigenvalue weighted by Crippen LogP contribution is 2.43. The third-order valence-corrected chi connectivity index (χ3v) is 8.74. The molecule has 2 aromatic carbocycles. The predicted molar refractivity (Wildman–Crippen MR) is 138 cm³/mol. The average molecular weight is 532 g/mol. The van der Waals surface area contributed by atoms with Gasteiger partial charge in [-0.1, -0.05) is 31.2 Å². The summed E-state index contributed by atoms with van der Waals surface area (Å²) in [6, 6.07) is 7.87. The first-order chi connectivity index (χ1) is 18.1. The number of rotatable bonds is 5. The van der Waals surface area contributed by atoms with Gasteiger partial charge in [0.1, 0.15) is 11.3 Å². The van der Waals surface area contributed by atoms with Crippen LogP contribution in [0.25, 0.3) is 10.8 Å². The lowest BCUT2D eigenvalue weighted by molar-refractivity contribution is -0.155. The minimum atomic E-state index is -4.56. The summed E-state index contributed by atoms with van der Waals surface area (Å²) < 4.78 is 53.5. The standard InChI is InChI=1S/C30H36F3NO4/c1-18-6-10-24(11-7-18)38-26-13-9-20-14-19(8-12-25(20)28(26)30(31,32)33)15-27(35)34-22-4-3-5-23(34)17-21(16-22)29(36)37-2/h8-9,12-14,18,21-24H,3-7,10-11,15-17H2,1-2H3. The number of amides is 1. The highest BCUT2D eigenvalue weighted by molar-refractivity contribution is 5.90. The van der Waals surface area contributed by atoms with Crippen molar-refractivity contribution in [2.75, 3.05) is 7.11 Å². The van der Waals surface area contributed by atoms with Gasteiger partial charge in [-0.05, 0) is 86.1 Å². The van der Waals surface area contributed by atoms with Crippen LogP contribution >= 0.6 is 0 Å². The molecule has 2 heterocycles. The number of piperidine rings is 2. The lowest BCUT2D eigenvalue weighted by atomic mass is 9.78. The van der Waals surface area contributed by atoms with E-state index in [1.807, 2.05) is 4.90 Å². The second-order valence-corrected chi connectivity index (χ2v) is 11.4. The lowest BCUT2D eigenvalue weighted by Crippen LogP contribution is -2.56. The van der Waals surface area contributed by atoms with Gasteiger partial charge in [0.2, 0.25) is 5.91 Å². The van der Waals surface area contributed by atoms with Crippen LogP contribution in [-0.4, -0.2) is 42.1 Å². The van der Waals surface area contributed by atoms with E-state index in [0.717, 1.165) is 44.9 Å². The number of alkyl halides is 3. The zero-order valence-electron chi connectivity index (χ0n) is 22.1. The highest BCUT2D eigenvalue weighted by Gasteiger charge is 2.43. The van der Waals surface area contributed by atoms with Gasteiger partial charge in [-0.2, -0.15) is 13.2 Å². The van der Waals surface area contributed by atoms with Crippen molar-refractivity contribution in [3.05, 3.63) is 41.5 Å². The summed E-state index contributed by atoms with van der Waals surface area (Å²) in [6.45, 7) is 2.16. The fraction of sp³-hybridized carbons (Fsp3) is 0.600. The van der Waals surface area contributed by atoms with Crippen LogP contribution in [0, 0.1) is 11.8 Å². The molecule has 2 atom stereocenters. The van der Waals surface area contributed by atoms with Crippen molar-refractivity contribution in [1.29, 1.82) is 0 Å². The number of benzene rings is 2. The summed E-state index contributed by atoms with van der Waals surface area (Å²) in [7, 11) is 1.39. The number of esters is 1. The number of hydrogen-bond acceptors (Lipinski definition) is 4. The minimum absolute atomic E-state index is 0.00105. The van der Waals surface area contributed by atoms with E-state index in [1.54, 1.807) is 18.2 Å². The van der Waals surface area contributed by atoms with Gasteiger partial charge in [-0.3, -0.25) is 9.59 Å². The maximum Gasteiger partial charge on any atom is 0.420 e. The van der Waals surface area contributed by atoms with E-state index in [4.69, 9.17) is 9.47 Å². The summed E-state index contributed by atoms with van der Waals surface area (Å²) in [5.74, 6) is 0.0210. The van der Waals surface area contributed by atoms with Gasteiger partial charge in [0, 0.05) is 12.1 Å². The van der Waals surface area contributed by atoms with Crippen LogP contribution in [0.3, 0.4) is 0 Å². The van der Waals surface area contributed by atoms with Crippen LogP contribution in [0.4, 0.5) is 13.2 Å². The smallest absolute Gasteiger partial charge is 0.420 e. The molecule has 0 radical (unpaired) electrons. The second kappa shape index (κ2) is 10.8. The quantitative estimate of drug-likeness (QED) is 0.404. The van der Waals surface area contributed by atoms with Crippen molar-refractivity contribution in [3.8, 4) is 5.75 Å². The Balaban J connectivity index is 1.36. The number of fused-ring (bicyclic) bond motifs is 3. The third kappa shape index (κ3) is 5.50. The molecule has 206 valence electrons. The Labute approximate surface area is 221 Å². The molecule has 5 nitrogen and oxygen atoms in total. The summed E-state index contributed by atoms with van der Waals surface area (Å²) in [5.41, 5.74) is -0.0651. The first-order valence-corrected chi connectivity index (χ1v) is 13.8. The zero-order valence-corrected chi connectivity index (χ0v) is 22.1. The topological polar surface area (TPSA) is 55.8 Å². The minimum Gasteiger partial charge on any atom is -0.490 e. The molecule has 0 aromatic heterocycles. The van der Waals surface area contributed by atoms with Gasteiger partial charge in [0.25, 0.3) is 0 Å². The van der Waals surface area contributed by atoms with Crippen LogP contribution in [0.2, 0.25) is 0 Å². The van der Waals surface area contributed by atoms with Crippen LogP contribution in [0.1, 0.15) is 75.8 Å². The molecule has 2 unspecified atom stereocenters. The molecule has 3 aliphatic rings. The Kier molecular flexibility index (Phi) is 7.60. The van der Waals surface area contributed by atoms with E-state index < -0.39 is 11.7 Å². The van der Waals surface area contributed by atoms with Crippen molar-refractivity contribution < 1.29 is 32.2 Å². The van der Waals surface area contributed by atoms with E-state index in [-0.39, 0.29) is 53.5 Å². The number of hydrogen-bond donors (Lipinski definition) is 0. The van der Waals surface area contributed by atoms with E-state index in [2.05, 4.69) is 6.92 Å². The largest absolute Gasteiger partial charge is 0.490 e. The van der Waals surface area contributed by atoms with Gasteiger partial charge in [0.05, 0.1) is 25.6 Å². The number of nitrogens with zero attached hydrogens (tertiary/aromatic N) is 1. The van der Waals surface area contributed by atoms with Gasteiger partial charge in [-0.15, -0.1) is 0 Å². The summed E-state index contributed by atoms with van der Waals surface area (Å²) in [5, 5.41) is 0.531. The number of carbonyl (C=O) groups excluding carboxylic acids is 2. The average Bonchev–Trinajstić information content (AvgIpc) is 2.87. The monoisotopic (exact) mass is 531 g/mol. The first-order valence-electron chi connectivity index (χ1n) is 13.8. The molecule has 0 spiro atoms. The van der Waals surface area contributed by atoms with Crippen LogP contribution in [-0.2, 0) is 26.9 Å². The molecule has 2 aromatic rings. The fourth-order valence-corrected chi connectivity index (χ4v) is 6.80. The molecule has 2 saturated heterocycles. The van der Waals surface area contributed by atoms with Gasteiger partial charge in [-0.25, -0.2) is 0 Å². The number of ether oxygens (including phenoxy) is 2. The second-order valence-electron chi connectivity index (χ2n) is 11.4. The molecule has 5 rings (SSSR count). The first kappa shape index (κ1) is 26.8. The SMILES string of the molecule is COC(=O)C1CC2CCCC(C1)N2C(=O)Cc1ccc2c(C(F)(F)F)c(OC3CCC(C)CC3)ccc2c1. The maximum absolute atomic E-state index is 14.2. The number of methoxy groups -OCH3 is 1. The third-order valence-electron chi connectivity index (χ3n) is 8.74. The van der Waals surface area contributed by atoms with Crippen molar-refractivity contribution >= 4 is 22.6 Å². The molecule has 1 saturated carbocycles. The molecule has 1 amide bonds. The van der Waals surface area contributed by atoms with Crippen LogP contribution in [0.5, 0.6) is 5.75 Å². The molecule has 3 fully saturated rings. The van der Waals surface area contributed by atoms with E-state index in [1.165, 1.54) is 19.2 Å². The number of halogens is 3. The molecule has 0 N–H and O–H groups in total. The molecular weight excluding hydrogens is 495 g/mol. The van der Waals surface area contributed by atoms with E-state index in [9.17, 15) is 22.8 Å². The zero-order chi connectivity index (χ0) is 27.0. The van der Waals surface area contributed by atoms with E-state index >= 15 is 0 Å². The summed E-state index contributed by atoms with van der Waals surface area (Å²) in [4.78, 5) is 27.4. The normalized spacial score (nSPS) is 27.7. The van der Waals surface area contributed by atoms with Crippen LogP contribution in [0.15, 0.2) is 30.3 Å². The molecular formula is C30H36F3NO4. The van der Waals surface area contributed by atoms with Gasteiger partial charge in [0.15, 0.2) is 0 Å². The van der Waals surface area contributed by atoms with Gasteiger partial charge < -0.3 is 14.4 Å². The Hall–Kier alpha value is -2.77. The number of carbonyl (C=O) groups is 2. The highest BCUT2D eigenvalue weighted by atomic mass is 19.4. The van der Waals surface area contributed by atoms with Crippen molar-refractivity contribution in [1.82, 2.24) is 4.90 Å². The lowest BCUT2D eigenvalue weighted by Gasteiger charge is -2.48. The Morgan fingerprint density at radius 2 is 1.66 bits per heavy atom.